The zero-order valence-corrected chi connectivity index (χ0v) is 7.58. The average molecular weight is 211 g/mol. The first-order valence-corrected chi connectivity index (χ1v) is 2.52. The van der Waals surface area contributed by atoms with Crippen molar-refractivity contribution in [2.24, 2.45) is 5.41 Å². The Kier molecular flexibility index (Phi) is 6.08. The van der Waals surface area contributed by atoms with Gasteiger partial charge in [-0.3, -0.25) is 4.79 Å². The monoisotopic (exact) mass is 212 g/mol. The predicted octanol–water partition coefficient (Wildman–Crippen LogP) is 1.23. The van der Waals surface area contributed by atoms with Crippen molar-refractivity contribution >= 4 is 6.29 Å². The predicted molar refractivity (Wildman–Crippen MR) is 33.3 cm³/mol. The van der Waals surface area contributed by atoms with Crippen molar-refractivity contribution in [3.63, 3.8) is 0 Å². The number of carbonyl (C=O) groups is 1. The van der Waals surface area contributed by atoms with Gasteiger partial charge in [0.2, 0.25) is 0 Å². The second-order valence-corrected chi connectivity index (χ2v) is 2.64. The summed E-state index contributed by atoms with van der Waals surface area (Å²) < 4.78 is 0. The van der Waals surface area contributed by atoms with Gasteiger partial charge in [-0.1, -0.05) is 5.92 Å². The summed E-state index contributed by atoms with van der Waals surface area (Å²) >= 11 is 0. The van der Waals surface area contributed by atoms with E-state index < -0.39 is 0 Å². The Bertz CT molecular complexity index is 133. The van der Waals surface area contributed by atoms with Gasteiger partial charge in [0.1, 0.15) is 0 Å². The van der Waals surface area contributed by atoms with Gasteiger partial charge in [-0.25, -0.2) is 0 Å². The zero-order valence-electron chi connectivity index (χ0n) is 5.84. The van der Waals surface area contributed by atoms with Gasteiger partial charge in [0.25, 0.3) is 0 Å². The first kappa shape index (κ1) is 11.6. The summed E-state index contributed by atoms with van der Waals surface area (Å²) in [5.41, 5.74) is -0.0408. The second-order valence-electron chi connectivity index (χ2n) is 2.64. The number of hydrogen-bond acceptors (Lipinski definition) is 1. The van der Waals surface area contributed by atoms with Crippen LogP contribution in [-0.2, 0) is 24.3 Å². The van der Waals surface area contributed by atoms with E-state index in [1.54, 1.807) is 0 Å². The molecule has 9 heavy (non-hydrogen) atoms. The second kappa shape index (κ2) is 4.71. The summed E-state index contributed by atoms with van der Waals surface area (Å²) in [5, 5.41) is 0. The summed E-state index contributed by atoms with van der Waals surface area (Å²) in [4.78, 5) is 9.68. The van der Waals surface area contributed by atoms with Gasteiger partial charge in [-0.2, -0.15) is 0 Å². The topological polar surface area (TPSA) is 17.1 Å². The maximum atomic E-state index is 9.68. The van der Waals surface area contributed by atoms with Crippen molar-refractivity contribution in [3.8, 4) is 11.8 Å². The van der Waals surface area contributed by atoms with Crippen molar-refractivity contribution in [2.45, 2.75) is 20.8 Å². The molecule has 0 unspecified atom stereocenters. The van der Waals surface area contributed by atoms with Gasteiger partial charge in [0, 0.05) is 24.9 Å². The molecule has 0 aliphatic rings. The number of carbonyl (C=O) groups excluding carboxylic acids is 1. The van der Waals surface area contributed by atoms with Crippen LogP contribution >= 0.6 is 0 Å². The Labute approximate surface area is 69.0 Å². The van der Waals surface area contributed by atoms with Crippen LogP contribution in [0.1, 0.15) is 20.8 Å². The molecule has 0 radical (unpaired) electrons. The summed E-state index contributed by atoms with van der Waals surface area (Å²) in [6.07, 6.45) is 0.616. The van der Waals surface area contributed by atoms with Crippen LogP contribution in [0, 0.1) is 17.3 Å². The Morgan fingerprint density at radius 2 is 1.78 bits per heavy atom. The van der Waals surface area contributed by atoms with Crippen molar-refractivity contribution in [1.29, 1.82) is 0 Å². The average Bonchev–Trinajstić information content (AvgIpc) is 1.59. The van der Waals surface area contributed by atoms with Crippen LogP contribution in [0.2, 0.25) is 0 Å². The normalized spacial score (nSPS) is 8.33. The first-order valence-electron chi connectivity index (χ1n) is 2.52. The smallest absolute Gasteiger partial charge is 0.192 e. The Hall–Kier alpha value is -0.147. The minimum atomic E-state index is -0.0408. The standard InChI is InChI=1S/C7H10O.Ru/c1-7(2,3)5-4-6-8;/h6H,1-3H3;. The van der Waals surface area contributed by atoms with Gasteiger partial charge in [-0.05, 0) is 26.7 Å². The van der Waals surface area contributed by atoms with Crippen LogP contribution in [-0.4, -0.2) is 6.29 Å². The van der Waals surface area contributed by atoms with Crippen molar-refractivity contribution in [1.82, 2.24) is 0 Å². The molecule has 0 bridgehead atoms. The minimum Gasteiger partial charge on any atom is -0.289 e. The van der Waals surface area contributed by atoms with Gasteiger partial charge in [0.05, 0.1) is 0 Å². The quantitative estimate of drug-likeness (QED) is 0.334. The molecule has 0 fully saturated rings. The number of rotatable bonds is 0. The van der Waals surface area contributed by atoms with E-state index >= 15 is 0 Å². The fraction of sp³-hybridized carbons (Fsp3) is 0.571. The molecule has 0 amide bonds. The molecule has 0 heterocycles. The van der Waals surface area contributed by atoms with Crippen LogP contribution in [0.5, 0.6) is 0 Å². The molecular weight excluding hydrogens is 201 g/mol. The molecule has 0 aromatic rings. The number of hydrogen-bond donors (Lipinski definition) is 0. The van der Waals surface area contributed by atoms with Crippen molar-refractivity contribution < 1.29 is 24.3 Å². The molecule has 0 spiro atoms. The molecule has 0 rings (SSSR count). The molecule has 0 atom stereocenters. The molecule has 0 aromatic heterocycles. The fourth-order valence-electron chi connectivity index (χ4n) is 0.246. The van der Waals surface area contributed by atoms with Crippen LogP contribution in [0.25, 0.3) is 0 Å². The molecule has 52 valence electrons. The molecule has 0 aliphatic carbocycles. The zero-order chi connectivity index (χ0) is 6.62. The van der Waals surface area contributed by atoms with E-state index in [-0.39, 0.29) is 24.9 Å². The summed E-state index contributed by atoms with van der Waals surface area (Å²) in [5.74, 6) is 5.11. The fourth-order valence-corrected chi connectivity index (χ4v) is 0.246. The van der Waals surface area contributed by atoms with E-state index in [2.05, 4.69) is 11.8 Å². The molecule has 2 heteroatoms. The van der Waals surface area contributed by atoms with Crippen LogP contribution in [0.4, 0.5) is 0 Å². The van der Waals surface area contributed by atoms with Crippen LogP contribution in [0.3, 0.4) is 0 Å². The van der Waals surface area contributed by atoms with Gasteiger partial charge in [0.15, 0.2) is 6.29 Å². The third-order valence-electron chi connectivity index (χ3n) is 0.506. The summed E-state index contributed by atoms with van der Waals surface area (Å²) in [6, 6.07) is 0. The van der Waals surface area contributed by atoms with E-state index in [0.29, 0.717) is 6.29 Å². The number of aldehydes is 1. The molecule has 0 aromatic carbocycles. The molecule has 0 saturated heterocycles. The van der Waals surface area contributed by atoms with Gasteiger partial charge >= 0.3 is 0 Å². The maximum absolute atomic E-state index is 9.68. The molecule has 0 aliphatic heterocycles. The van der Waals surface area contributed by atoms with Crippen LogP contribution in [0.15, 0.2) is 0 Å². The van der Waals surface area contributed by atoms with Gasteiger partial charge < -0.3 is 0 Å². The third-order valence-corrected chi connectivity index (χ3v) is 0.506. The maximum Gasteiger partial charge on any atom is 0.192 e. The summed E-state index contributed by atoms with van der Waals surface area (Å²) in [7, 11) is 0. The van der Waals surface area contributed by atoms with E-state index in [0.717, 1.165) is 0 Å². The van der Waals surface area contributed by atoms with E-state index in [9.17, 15) is 4.79 Å². The van der Waals surface area contributed by atoms with E-state index in [1.165, 1.54) is 0 Å². The minimum absolute atomic E-state index is 0. The SMILES string of the molecule is CC(C)(C)C#CC=O.[Ru]. The van der Waals surface area contributed by atoms with Crippen molar-refractivity contribution in [3.05, 3.63) is 0 Å². The molecule has 0 N–H and O–H groups in total. The third kappa shape index (κ3) is 11.4. The molecule has 0 saturated carbocycles. The molecular formula is C7H10ORu. The largest absolute Gasteiger partial charge is 0.289 e. The Morgan fingerprint density at radius 1 is 1.33 bits per heavy atom. The van der Waals surface area contributed by atoms with Crippen molar-refractivity contribution in [2.75, 3.05) is 0 Å². The van der Waals surface area contributed by atoms with E-state index in [4.69, 9.17) is 0 Å². The molecule has 1 nitrogen and oxygen atoms in total. The van der Waals surface area contributed by atoms with Crippen LogP contribution < -0.4 is 0 Å². The Morgan fingerprint density at radius 3 is 1.89 bits per heavy atom. The summed E-state index contributed by atoms with van der Waals surface area (Å²) in [6.45, 7) is 5.89. The van der Waals surface area contributed by atoms with E-state index in [1.807, 2.05) is 20.8 Å². The first-order chi connectivity index (χ1) is 3.56. The Balaban J connectivity index is 0. The van der Waals surface area contributed by atoms with Gasteiger partial charge in [-0.15, -0.1) is 0 Å².